The standard InChI is InChI=1S/C23H31NO6S/c1-12(7-20-24-9-19(29-20)15-4-5-31-11-15)6-17-22(27)21(26)16(10-28-17)8-18-23(30-18)13(2)14(3)25/h4-5,7,9,11,13-14,16-18,21-23,25-27H,6,8,10H2,1-3H3/b12-7+/t13-,14-,16-,17-,18-,21+,22-,23-/m0/s1. The van der Waals surface area contributed by atoms with Gasteiger partial charge in [-0.2, -0.15) is 11.3 Å². The molecule has 2 fully saturated rings. The van der Waals surface area contributed by atoms with Crippen LogP contribution in [0.1, 0.15) is 39.5 Å². The Labute approximate surface area is 186 Å². The quantitative estimate of drug-likeness (QED) is 0.531. The lowest BCUT2D eigenvalue weighted by Gasteiger charge is -2.38. The number of epoxide rings is 1. The van der Waals surface area contributed by atoms with Crippen LogP contribution in [-0.2, 0) is 9.47 Å². The maximum atomic E-state index is 10.6. The average Bonchev–Trinajstić information content (AvgIpc) is 3.09. The van der Waals surface area contributed by atoms with Gasteiger partial charge in [-0.15, -0.1) is 0 Å². The molecule has 0 bridgehead atoms. The molecule has 170 valence electrons. The molecule has 3 N–H and O–H groups in total. The minimum atomic E-state index is -0.973. The summed E-state index contributed by atoms with van der Waals surface area (Å²) < 4.78 is 17.4. The summed E-state index contributed by atoms with van der Waals surface area (Å²) in [5.74, 6) is 1.09. The van der Waals surface area contributed by atoms with Crippen LogP contribution in [0.3, 0.4) is 0 Å². The summed E-state index contributed by atoms with van der Waals surface area (Å²) in [6.45, 7) is 6.02. The SMILES string of the molecule is C/C(=C\c1ncc(-c2ccsc2)o1)C[C@@H]1OC[C@H](C[C@@H]2O[C@H]2[C@@H](C)[C@H](C)O)[C@@H](O)[C@H]1O. The zero-order chi connectivity index (χ0) is 22.1. The van der Waals surface area contributed by atoms with Crippen molar-refractivity contribution in [2.24, 2.45) is 11.8 Å². The number of aliphatic hydroxyl groups excluding tert-OH is 3. The first-order valence-corrected chi connectivity index (χ1v) is 11.7. The van der Waals surface area contributed by atoms with Gasteiger partial charge in [0.1, 0.15) is 6.10 Å². The third-order valence-corrected chi connectivity index (χ3v) is 7.08. The minimum absolute atomic E-state index is 0.000631. The van der Waals surface area contributed by atoms with Gasteiger partial charge in [-0.25, -0.2) is 4.98 Å². The summed E-state index contributed by atoms with van der Waals surface area (Å²) in [6.07, 6.45) is 1.87. The van der Waals surface area contributed by atoms with Gasteiger partial charge in [-0.05, 0) is 44.2 Å². The number of aliphatic hydroxyl groups is 3. The number of hydrogen-bond acceptors (Lipinski definition) is 8. The van der Waals surface area contributed by atoms with Crippen molar-refractivity contribution in [1.82, 2.24) is 4.98 Å². The highest BCUT2D eigenvalue weighted by Gasteiger charge is 2.48. The van der Waals surface area contributed by atoms with Gasteiger partial charge in [0.25, 0.3) is 0 Å². The summed E-state index contributed by atoms with van der Waals surface area (Å²) in [7, 11) is 0. The number of oxazole rings is 1. The lowest BCUT2D eigenvalue weighted by atomic mass is 9.85. The zero-order valence-corrected chi connectivity index (χ0v) is 18.9. The summed E-state index contributed by atoms with van der Waals surface area (Å²) in [5.41, 5.74) is 1.95. The van der Waals surface area contributed by atoms with Gasteiger partial charge in [-0.1, -0.05) is 12.5 Å². The molecule has 2 aromatic rings. The average molecular weight is 450 g/mol. The van der Waals surface area contributed by atoms with Crippen LogP contribution < -0.4 is 0 Å². The second kappa shape index (κ2) is 9.52. The molecular formula is C23H31NO6S. The molecular weight excluding hydrogens is 418 g/mol. The zero-order valence-electron chi connectivity index (χ0n) is 18.0. The van der Waals surface area contributed by atoms with Crippen LogP contribution in [0.25, 0.3) is 17.4 Å². The molecule has 4 rings (SSSR count). The Morgan fingerprint density at radius 2 is 2.10 bits per heavy atom. The summed E-state index contributed by atoms with van der Waals surface area (Å²) in [6, 6.07) is 1.98. The molecule has 0 saturated carbocycles. The smallest absolute Gasteiger partial charge is 0.219 e. The highest BCUT2D eigenvalue weighted by molar-refractivity contribution is 7.08. The van der Waals surface area contributed by atoms with Crippen LogP contribution in [0.2, 0.25) is 0 Å². The highest BCUT2D eigenvalue weighted by atomic mass is 32.1. The van der Waals surface area contributed by atoms with Crippen LogP contribution in [-0.4, -0.2) is 63.5 Å². The van der Waals surface area contributed by atoms with Gasteiger partial charge < -0.3 is 29.2 Å². The number of ether oxygens (including phenoxy) is 2. The third kappa shape index (κ3) is 5.27. The van der Waals surface area contributed by atoms with Gasteiger partial charge >= 0.3 is 0 Å². The number of rotatable bonds is 8. The Bertz CT molecular complexity index is 879. The van der Waals surface area contributed by atoms with E-state index in [1.165, 1.54) is 0 Å². The van der Waals surface area contributed by atoms with Crippen molar-refractivity contribution in [3.05, 3.63) is 34.5 Å². The van der Waals surface area contributed by atoms with E-state index in [1.807, 2.05) is 36.7 Å². The van der Waals surface area contributed by atoms with Crippen LogP contribution in [0.15, 0.2) is 33.0 Å². The van der Waals surface area contributed by atoms with Crippen molar-refractivity contribution in [3.63, 3.8) is 0 Å². The fourth-order valence-corrected chi connectivity index (χ4v) is 4.84. The second-order valence-corrected chi connectivity index (χ2v) is 9.64. The normalized spacial score (nSPS) is 33.3. The topological polar surface area (TPSA) is 108 Å². The van der Waals surface area contributed by atoms with E-state index in [0.29, 0.717) is 25.3 Å². The molecule has 0 spiro atoms. The van der Waals surface area contributed by atoms with Crippen molar-refractivity contribution in [2.75, 3.05) is 6.61 Å². The number of thiophene rings is 1. The van der Waals surface area contributed by atoms with Gasteiger partial charge in [0.05, 0.1) is 43.3 Å². The Morgan fingerprint density at radius 1 is 1.29 bits per heavy atom. The molecule has 2 saturated heterocycles. The van der Waals surface area contributed by atoms with E-state index >= 15 is 0 Å². The molecule has 7 nitrogen and oxygen atoms in total. The first kappa shape index (κ1) is 22.6. The Morgan fingerprint density at radius 3 is 2.81 bits per heavy atom. The van der Waals surface area contributed by atoms with E-state index in [4.69, 9.17) is 13.9 Å². The Balaban J connectivity index is 1.30. The maximum Gasteiger partial charge on any atom is 0.219 e. The van der Waals surface area contributed by atoms with Crippen molar-refractivity contribution in [1.29, 1.82) is 0 Å². The van der Waals surface area contributed by atoms with E-state index in [2.05, 4.69) is 4.98 Å². The predicted octanol–water partition coefficient (Wildman–Crippen LogP) is 3.11. The molecule has 2 aromatic heterocycles. The van der Waals surface area contributed by atoms with Crippen LogP contribution >= 0.6 is 11.3 Å². The van der Waals surface area contributed by atoms with Crippen molar-refractivity contribution >= 4 is 17.4 Å². The number of aromatic nitrogens is 1. The maximum absolute atomic E-state index is 10.6. The molecule has 0 unspecified atom stereocenters. The van der Waals surface area contributed by atoms with Gasteiger partial charge in [0, 0.05) is 22.8 Å². The minimum Gasteiger partial charge on any atom is -0.437 e. The van der Waals surface area contributed by atoms with E-state index in [9.17, 15) is 15.3 Å². The molecule has 0 aliphatic carbocycles. The molecule has 8 heteroatoms. The van der Waals surface area contributed by atoms with Crippen molar-refractivity contribution < 1.29 is 29.2 Å². The molecule has 4 heterocycles. The van der Waals surface area contributed by atoms with E-state index in [0.717, 1.165) is 16.9 Å². The largest absolute Gasteiger partial charge is 0.437 e. The Hall–Kier alpha value is -1.55. The monoisotopic (exact) mass is 449 g/mol. The van der Waals surface area contributed by atoms with Gasteiger partial charge in [-0.3, -0.25) is 0 Å². The fraction of sp³-hybridized carbons (Fsp3) is 0.609. The lowest BCUT2D eigenvalue weighted by molar-refractivity contribution is -0.165. The van der Waals surface area contributed by atoms with Gasteiger partial charge in [0.2, 0.25) is 5.89 Å². The van der Waals surface area contributed by atoms with E-state index in [-0.39, 0.29) is 24.0 Å². The second-order valence-electron chi connectivity index (χ2n) is 8.86. The first-order chi connectivity index (χ1) is 14.8. The predicted molar refractivity (Wildman–Crippen MR) is 117 cm³/mol. The Kier molecular flexibility index (Phi) is 6.95. The fourth-order valence-electron chi connectivity index (χ4n) is 4.19. The summed E-state index contributed by atoms with van der Waals surface area (Å²) in [5, 5.41) is 35.0. The first-order valence-electron chi connectivity index (χ1n) is 10.8. The van der Waals surface area contributed by atoms with Gasteiger partial charge in [0.15, 0.2) is 5.76 Å². The summed E-state index contributed by atoms with van der Waals surface area (Å²) >= 11 is 1.60. The lowest BCUT2D eigenvalue weighted by Crippen LogP contribution is -2.50. The van der Waals surface area contributed by atoms with Crippen LogP contribution in [0, 0.1) is 11.8 Å². The van der Waals surface area contributed by atoms with Crippen LogP contribution in [0.4, 0.5) is 0 Å². The van der Waals surface area contributed by atoms with Crippen molar-refractivity contribution in [2.45, 2.75) is 70.2 Å². The molecule has 0 radical (unpaired) electrons. The summed E-state index contributed by atoms with van der Waals surface area (Å²) in [4.78, 5) is 4.30. The number of hydrogen-bond donors (Lipinski definition) is 3. The molecule has 2 aliphatic heterocycles. The molecule has 31 heavy (non-hydrogen) atoms. The third-order valence-electron chi connectivity index (χ3n) is 6.40. The van der Waals surface area contributed by atoms with E-state index < -0.39 is 24.4 Å². The molecule has 0 aromatic carbocycles. The van der Waals surface area contributed by atoms with E-state index in [1.54, 1.807) is 24.5 Å². The van der Waals surface area contributed by atoms with Crippen molar-refractivity contribution in [3.8, 4) is 11.3 Å². The molecule has 0 amide bonds. The number of nitrogens with zero attached hydrogens (tertiary/aromatic N) is 1. The van der Waals surface area contributed by atoms with Crippen LogP contribution in [0.5, 0.6) is 0 Å². The molecule has 8 atom stereocenters. The molecule has 2 aliphatic rings. The highest BCUT2D eigenvalue weighted by Crippen LogP contribution is 2.38.